The van der Waals surface area contributed by atoms with Crippen molar-refractivity contribution in [1.82, 2.24) is 14.9 Å². The van der Waals surface area contributed by atoms with Crippen molar-refractivity contribution in [2.24, 2.45) is 0 Å². The SMILES string of the molecule is Cc1cc(N2CCN(C(=O)Cc3ccccc3Cl)CC2)ncn1. The van der Waals surface area contributed by atoms with Crippen LogP contribution in [-0.4, -0.2) is 47.0 Å². The highest BCUT2D eigenvalue weighted by Gasteiger charge is 2.22. The molecule has 1 fully saturated rings. The van der Waals surface area contributed by atoms with Crippen molar-refractivity contribution >= 4 is 23.3 Å². The average molecular weight is 331 g/mol. The Morgan fingerprint density at radius 2 is 1.91 bits per heavy atom. The maximum absolute atomic E-state index is 12.4. The lowest BCUT2D eigenvalue weighted by Crippen LogP contribution is -2.49. The van der Waals surface area contributed by atoms with Crippen LogP contribution >= 0.6 is 11.6 Å². The van der Waals surface area contributed by atoms with Gasteiger partial charge in [-0.25, -0.2) is 9.97 Å². The zero-order chi connectivity index (χ0) is 16.2. The van der Waals surface area contributed by atoms with Gasteiger partial charge in [0.2, 0.25) is 5.91 Å². The Morgan fingerprint density at radius 3 is 2.61 bits per heavy atom. The summed E-state index contributed by atoms with van der Waals surface area (Å²) < 4.78 is 0. The number of aromatic nitrogens is 2. The Hall–Kier alpha value is -2.14. The number of hydrogen-bond acceptors (Lipinski definition) is 4. The molecule has 2 heterocycles. The molecule has 120 valence electrons. The summed E-state index contributed by atoms with van der Waals surface area (Å²) >= 11 is 6.13. The van der Waals surface area contributed by atoms with Crippen LogP contribution in [0.5, 0.6) is 0 Å². The second kappa shape index (κ2) is 6.96. The van der Waals surface area contributed by atoms with Gasteiger partial charge in [0.05, 0.1) is 6.42 Å². The van der Waals surface area contributed by atoms with E-state index >= 15 is 0 Å². The summed E-state index contributed by atoms with van der Waals surface area (Å²) in [6.45, 7) is 4.92. The van der Waals surface area contributed by atoms with Crippen LogP contribution in [0.15, 0.2) is 36.7 Å². The first-order valence-corrected chi connectivity index (χ1v) is 8.06. The standard InChI is InChI=1S/C17H19ClN4O/c1-13-10-16(20-12-19-13)21-6-8-22(9-7-21)17(23)11-14-4-2-3-5-15(14)18/h2-5,10,12H,6-9,11H2,1H3. The molecule has 2 aromatic rings. The Bertz CT molecular complexity index is 698. The Balaban J connectivity index is 1.58. The highest BCUT2D eigenvalue weighted by atomic mass is 35.5. The summed E-state index contributed by atoms with van der Waals surface area (Å²) in [7, 11) is 0. The smallest absolute Gasteiger partial charge is 0.227 e. The number of halogens is 1. The largest absolute Gasteiger partial charge is 0.353 e. The van der Waals surface area contributed by atoms with Gasteiger partial charge < -0.3 is 9.80 Å². The summed E-state index contributed by atoms with van der Waals surface area (Å²) in [6, 6.07) is 9.48. The number of hydrogen-bond donors (Lipinski definition) is 0. The van der Waals surface area contributed by atoms with E-state index < -0.39 is 0 Å². The van der Waals surface area contributed by atoms with Gasteiger partial charge in [0, 0.05) is 43.0 Å². The fraction of sp³-hybridized carbons (Fsp3) is 0.353. The molecule has 1 aliphatic heterocycles. The Labute approximate surface area is 140 Å². The minimum Gasteiger partial charge on any atom is -0.353 e. The number of anilines is 1. The van der Waals surface area contributed by atoms with Crippen LogP contribution in [0.1, 0.15) is 11.3 Å². The maximum Gasteiger partial charge on any atom is 0.227 e. The zero-order valence-corrected chi connectivity index (χ0v) is 13.8. The Kier molecular flexibility index (Phi) is 4.76. The van der Waals surface area contributed by atoms with Crippen molar-refractivity contribution in [2.75, 3.05) is 31.1 Å². The monoisotopic (exact) mass is 330 g/mol. The number of amides is 1. The van der Waals surface area contributed by atoms with E-state index in [9.17, 15) is 4.79 Å². The summed E-state index contributed by atoms with van der Waals surface area (Å²) in [5.74, 6) is 1.05. The number of piperazine rings is 1. The van der Waals surface area contributed by atoms with Gasteiger partial charge >= 0.3 is 0 Å². The molecule has 3 rings (SSSR count). The van der Waals surface area contributed by atoms with Crippen molar-refractivity contribution in [2.45, 2.75) is 13.3 Å². The van der Waals surface area contributed by atoms with Gasteiger partial charge in [-0.3, -0.25) is 4.79 Å². The molecule has 0 bridgehead atoms. The molecular weight excluding hydrogens is 312 g/mol. The van der Waals surface area contributed by atoms with Crippen LogP contribution < -0.4 is 4.90 Å². The molecule has 0 atom stereocenters. The maximum atomic E-state index is 12.4. The third-order valence-corrected chi connectivity index (χ3v) is 4.41. The summed E-state index contributed by atoms with van der Waals surface area (Å²) in [5.41, 5.74) is 1.83. The number of benzene rings is 1. The number of nitrogens with zero attached hydrogens (tertiary/aromatic N) is 4. The zero-order valence-electron chi connectivity index (χ0n) is 13.1. The summed E-state index contributed by atoms with van der Waals surface area (Å²) in [4.78, 5) is 24.9. The molecule has 1 aromatic carbocycles. The minimum atomic E-state index is 0.122. The van der Waals surface area contributed by atoms with Gasteiger partial charge in [0.25, 0.3) is 0 Å². The minimum absolute atomic E-state index is 0.122. The van der Waals surface area contributed by atoms with E-state index in [2.05, 4.69) is 14.9 Å². The van der Waals surface area contributed by atoms with Crippen molar-refractivity contribution in [3.8, 4) is 0 Å². The van der Waals surface area contributed by atoms with Crippen LogP contribution in [0.4, 0.5) is 5.82 Å². The second-order valence-electron chi connectivity index (χ2n) is 5.65. The van der Waals surface area contributed by atoms with E-state index in [-0.39, 0.29) is 5.91 Å². The molecule has 0 spiro atoms. The van der Waals surface area contributed by atoms with E-state index in [1.54, 1.807) is 6.33 Å². The van der Waals surface area contributed by atoms with Gasteiger partial charge in [-0.1, -0.05) is 29.8 Å². The van der Waals surface area contributed by atoms with Gasteiger partial charge in [0.15, 0.2) is 0 Å². The molecule has 6 heteroatoms. The van der Waals surface area contributed by atoms with Crippen LogP contribution in [0.3, 0.4) is 0 Å². The molecule has 0 saturated carbocycles. The first-order chi connectivity index (χ1) is 11.1. The molecule has 1 aromatic heterocycles. The third kappa shape index (κ3) is 3.79. The first-order valence-electron chi connectivity index (χ1n) is 7.68. The number of carbonyl (C=O) groups excluding carboxylic acids is 1. The quantitative estimate of drug-likeness (QED) is 0.866. The van der Waals surface area contributed by atoms with Crippen LogP contribution in [0, 0.1) is 6.92 Å². The highest BCUT2D eigenvalue weighted by molar-refractivity contribution is 6.31. The van der Waals surface area contributed by atoms with Gasteiger partial charge in [-0.2, -0.15) is 0 Å². The van der Waals surface area contributed by atoms with Crippen molar-refractivity contribution < 1.29 is 4.79 Å². The van der Waals surface area contributed by atoms with E-state index in [0.717, 1.165) is 30.2 Å². The van der Waals surface area contributed by atoms with Crippen LogP contribution in [-0.2, 0) is 11.2 Å². The second-order valence-corrected chi connectivity index (χ2v) is 6.06. The number of aryl methyl sites for hydroxylation is 1. The van der Waals surface area contributed by atoms with Crippen LogP contribution in [0.2, 0.25) is 5.02 Å². The molecule has 5 nitrogen and oxygen atoms in total. The number of rotatable bonds is 3. The topological polar surface area (TPSA) is 49.3 Å². The van der Waals surface area contributed by atoms with E-state index in [4.69, 9.17) is 11.6 Å². The Morgan fingerprint density at radius 1 is 1.17 bits per heavy atom. The molecule has 0 radical (unpaired) electrons. The normalized spacial score (nSPS) is 14.9. The van der Waals surface area contributed by atoms with Crippen molar-refractivity contribution in [3.05, 3.63) is 52.9 Å². The van der Waals surface area contributed by atoms with E-state index in [1.165, 1.54) is 0 Å². The van der Waals surface area contributed by atoms with Crippen molar-refractivity contribution in [3.63, 3.8) is 0 Å². The molecule has 0 unspecified atom stereocenters. The molecule has 1 amide bonds. The average Bonchev–Trinajstić information content (AvgIpc) is 2.57. The first kappa shape index (κ1) is 15.7. The molecule has 0 aliphatic carbocycles. The van der Waals surface area contributed by atoms with Gasteiger partial charge in [-0.15, -0.1) is 0 Å². The lowest BCUT2D eigenvalue weighted by molar-refractivity contribution is -0.130. The van der Waals surface area contributed by atoms with Gasteiger partial charge in [0.1, 0.15) is 12.1 Å². The van der Waals surface area contributed by atoms with Crippen molar-refractivity contribution in [1.29, 1.82) is 0 Å². The lowest BCUT2D eigenvalue weighted by atomic mass is 10.1. The fourth-order valence-electron chi connectivity index (χ4n) is 2.71. The summed E-state index contributed by atoms with van der Waals surface area (Å²) in [6.07, 6.45) is 1.94. The molecule has 0 N–H and O–H groups in total. The summed E-state index contributed by atoms with van der Waals surface area (Å²) in [5, 5.41) is 0.649. The molecular formula is C17H19ClN4O. The van der Waals surface area contributed by atoms with Gasteiger partial charge in [-0.05, 0) is 18.6 Å². The lowest BCUT2D eigenvalue weighted by Gasteiger charge is -2.35. The fourth-order valence-corrected chi connectivity index (χ4v) is 2.92. The highest BCUT2D eigenvalue weighted by Crippen LogP contribution is 2.18. The van der Waals surface area contributed by atoms with Crippen LogP contribution in [0.25, 0.3) is 0 Å². The molecule has 1 aliphatic rings. The van der Waals surface area contributed by atoms with E-state index in [1.807, 2.05) is 42.2 Å². The molecule has 1 saturated heterocycles. The molecule has 23 heavy (non-hydrogen) atoms. The predicted octanol–water partition coefficient (Wildman–Crippen LogP) is 2.33. The van der Waals surface area contributed by atoms with E-state index in [0.29, 0.717) is 24.5 Å². The predicted molar refractivity (Wildman–Crippen MR) is 90.7 cm³/mol. The third-order valence-electron chi connectivity index (χ3n) is 4.05. The number of carbonyl (C=O) groups is 1.